The fourth-order valence-electron chi connectivity index (χ4n) is 2.26. The number of hydrogen-bond donors (Lipinski definition) is 1. The topological polar surface area (TPSA) is 67.5 Å². The quantitative estimate of drug-likeness (QED) is 0.804. The van der Waals surface area contributed by atoms with Gasteiger partial charge in [-0.15, -0.1) is 11.3 Å². The van der Waals surface area contributed by atoms with Gasteiger partial charge in [0.1, 0.15) is 0 Å². The van der Waals surface area contributed by atoms with Crippen molar-refractivity contribution in [1.82, 2.24) is 14.4 Å². The van der Waals surface area contributed by atoms with Gasteiger partial charge in [-0.1, -0.05) is 0 Å². The zero-order valence-electron chi connectivity index (χ0n) is 11.1. The van der Waals surface area contributed by atoms with E-state index in [4.69, 9.17) is 5.11 Å². The van der Waals surface area contributed by atoms with E-state index in [-0.39, 0.29) is 6.42 Å². The van der Waals surface area contributed by atoms with Gasteiger partial charge in [0.05, 0.1) is 17.8 Å². The number of pyridine rings is 1. The maximum atomic E-state index is 11.2. The molecule has 0 aliphatic heterocycles. The normalized spacial score (nSPS) is 11.1. The monoisotopic (exact) mass is 287 g/mol. The molecule has 3 heterocycles. The van der Waals surface area contributed by atoms with Gasteiger partial charge in [-0.05, 0) is 26.0 Å². The number of aryl methyl sites for hydroxylation is 2. The minimum absolute atomic E-state index is 0.0458. The molecule has 5 nitrogen and oxygen atoms in total. The van der Waals surface area contributed by atoms with Crippen LogP contribution in [-0.4, -0.2) is 25.4 Å². The molecule has 0 atom stereocenters. The zero-order chi connectivity index (χ0) is 14.3. The summed E-state index contributed by atoms with van der Waals surface area (Å²) in [7, 11) is 0. The minimum Gasteiger partial charge on any atom is -0.481 e. The Bertz CT molecular complexity index is 790. The van der Waals surface area contributed by atoms with Crippen LogP contribution in [0.2, 0.25) is 0 Å². The molecule has 0 aliphatic carbocycles. The molecule has 0 saturated carbocycles. The third-order valence-corrected chi connectivity index (χ3v) is 4.36. The van der Waals surface area contributed by atoms with Crippen molar-refractivity contribution in [2.75, 3.05) is 0 Å². The lowest BCUT2D eigenvalue weighted by molar-refractivity contribution is -0.136. The number of carbonyl (C=O) groups is 1. The van der Waals surface area contributed by atoms with Gasteiger partial charge in [0.15, 0.2) is 4.96 Å². The van der Waals surface area contributed by atoms with Crippen LogP contribution in [0.5, 0.6) is 0 Å². The average Bonchev–Trinajstić information content (AvgIpc) is 2.89. The highest BCUT2D eigenvalue weighted by Crippen LogP contribution is 2.30. The van der Waals surface area contributed by atoms with Crippen LogP contribution in [0.1, 0.15) is 16.3 Å². The van der Waals surface area contributed by atoms with Crippen LogP contribution >= 0.6 is 11.3 Å². The molecule has 0 aromatic carbocycles. The number of imidazole rings is 1. The third-order valence-electron chi connectivity index (χ3n) is 3.30. The highest BCUT2D eigenvalue weighted by atomic mass is 32.1. The second kappa shape index (κ2) is 4.72. The number of nitrogens with zero attached hydrogens (tertiary/aromatic N) is 3. The van der Waals surface area contributed by atoms with E-state index in [0.717, 1.165) is 32.5 Å². The molecule has 102 valence electrons. The van der Waals surface area contributed by atoms with Crippen molar-refractivity contribution in [3.05, 3.63) is 40.8 Å². The summed E-state index contributed by atoms with van der Waals surface area (Å²) in [5.74, 6) is -0.856. The van der Waals surface area contributed by atoms with Crippen LogP contribution in [0.4, 0.5) is 0 Å². The Morgan fingerprint density at radius 1 is 1.35 bits per heavy atom. The van der Waals surface area contributed by atoms with Gasteiger partial charge in [0.2, 0.25) is 0 Å². The van der Waals surface area contributed by atoms with Crippen molar-refractivity contribution in [3.63, 3.8) is 0 Å². The molecule has 0 aliphatic rings. The standard InChI is InChI=1S/C14H13N3O2S/c1-8-9(2)20-14-16-13(10-3-5-15-6-4-10)11(17(8)14)7-12(18)19/h3-6H,7H2,1-2H3,(H,18,19). The Kier molecular flexibility index (Phi) is 3.02. The van der Waals surface area contributed by atoms with E-state index in [1.54, 1.807) is 23.7 Å². The molecule has 0 spiro atoms. The van der Waals surface area contributed by atoms with Gasteiger partial charge in [-0.3, -0.25) is 14.2 Å². The fraction of sp³-hybridized carbons (Fsp3) is 0.214. The predicted octanol–water partition coefficient (Wildman–Crippen LogP) is 2.70. The Morgan fingerprint density at radius 3 is 2.70 bits per heavy atom. The Hall–Kier alpha value is -2.21. The van der Waals surface area contributed by atoms with Crippen molar-refractivity contribution in [2.45, 2.75) is 20.3 Å². The van der Waals surface area contributed by atoms with Crippen LogP contribution in [0, 0.1) is 13.8 Å². The molecule has 0 bridgehead atoms. The number of rotatable bonds is 3. The number of aliphatic carboxylic acids is 1. The van der Waals surface area contributed by atoms with Gasteiger partial charge >= 0.3 is 5.97 Å². The highest BCUT2D eigenvalue weighted by Gasteiger charge is 2.20. The summed E-state index contributed by atoms with van der Waals surface area (Å²) in [6.07, 6.45) is 3.33. The number of carboxylic acids is 1. The molecule has 0 radical (unpaired) electrons. The van der Waals surface area contributed by atoms with E-state index < -0.39 is 5.97 Å². The van der Waals surface area contributed by atoms with Crippen molar-refractivity contribution < 1.29 is 9.90 Å². The first-order valence-electron chi connectivity index (χ1n) is 6.17. The molecule has 1 N–H and O–H groups in total. The van der Waals surface area contributed by atoms with E-state index in [2.05, 4.69) is 9.97 Å². The maximum absolute atomic E-state index is 11.2. The lowest BCUT2D eigenvalue weighted by Gasteiger charge is -2.03. The molecule has 0 unspecified atom stereocenters. The minimum atomic E-state index is -0.856. The van der Waals surface area contributed by atoms with E-state index in [0.29, 0.717) is 0 Å². The molecule has 3 aromatic rings. The highest BCUT2D eigenvalue weighted by molar-refractivity contribution is 7.17. The third kappa shape index (κ3) is 1.98. The van der Waals surface area contributed by atoms with Crippen molar-refractivity contribution in [2.24, 2.45) is 0 Å². The molecular formula is C14H13N3O2S. The van der Waals surface area contributed by atoms with E-state index >= 15 is 0 Å². The molecule has 20 heavy (non-hydrogen) atoms. The first-order chi connectivity index (χ1) is 9.58. The summed E-state index contributed by atoms with van der Waals surface area (Å²) < 4.78 is 1.95. The van der Waals surface area contributed by atoms with Crippen molar-refractivity contribution >= 4 is 22.3 Å². The summed E-state index contributed by atoms with van der Waals surface area (Å²) >= 11 is 1.58. The van der Waals surface area contributed by atoms with Gasteiger partial charge in [-0.2, -0.15) is 0 Å². The number of fused-ring (bicyclic) bond motifs is 1. The lowest BCUT2D eigenvalue weighted by Crippen LogP contribution is -2.05. The van der Waals surface area contributed by atoms with Gasteiger partial charge in [0.25, 0.3) is 0 Å². The van der Waals surface area contributed by atoms with Crippen LogP contribution < -0.4 is 0 Å². The zero-order valence-corrected chi connectivity index (χ0v) is 11.9. The summed E-state index contributed by atoms with van der Waals surface area (Å²) in [4.78, 5) is 21.7. The molecular weight excluding hydrogens is 274 g/mol. The second-order valence-corrected chi connectivity index (χ2v) is 5.76. The fourth-order valence-corrected chi connectivity index (χ4v) is 3.25. The summed E-state index contributed by atoms with van der Waals surface area (Å²) in [6.45, 7) is 4.01. The predicted molar refractivity (Wildman–Crippen MR) is 77.1 cm³/mol. The van der Waals surface area contributed by atoms with Crippen LogP contribution in [0.25, 0.3) is 16.2 Å². The summed E-state index contributed by atoms with van der Waals surface area (Å²) in [5.41, 5.74) is 3.39. The number of aromatic nitrogens is 3. The van der Waals surface area contributed by atoms with Gasteiger partial charge in [0, 0.05) is 28.5 Å². The Balaban J connectivity index is 2.29. The van der Waals surface area contributed by atoms with Crippen LogP contribution in [0.3, 0.4) is 0 Å². The largest absolute Gasteiger partial charge is 0.481 e. The van der Waals surface area contributed by atoms with Crippen LogP contribution in [0.15, 0.2) is 24.5 Å². The summed E-state index contributed by atoms with van der Waals surface area (Å²) in [6, 6.07) is 3.69. The Labute approximate surface area is 119 Å². The number of hydrogen-bond acceptors (Lipinski definition) is 4. The summed E-state index contributed by atoms with van der Waals surface area (Å²) in [5, 5.41) is 9.16. The SMILES string of the molecule is Cc1sc2nc(-c3ccncc3)c(CC(=O)O)n2c1C. The first-order valence-corrected chi connectivity index (χ1v) is 6.99. The first kappa shape index (κ1) is 12.8. The number of thiazole rings is 1. The molecule has 3 aromatic heterocycles. The maximum Gasteiger partial charge on any atom is 0.309 e. The average molecular weight is 287 g/mol. The lowest BCUT2D eigenvalue weighted by atomic mass is 10.1. The molecule has 0 saturated heterocycles. The van der Waals surface area contributed by atoms with E-state index in [1.165, 1.54) is 0 Å². The second-order valence-electron chi connectivity index (χ2n) is 4.58. The molecule has 0 fully saturated rings. The molecule has 0 amide bonds. The van der Waals surface area contributed by atoms with Crippen molar-refractivity contribution in [3.8, 4) is 11.3 Å². The molecule has 6 heteroatoms. The van der Waals surface area contributed by atoms with Crippen molar-refractivity contribution in [1.29, 1.82) is 0 Å². The molecule has 3 rings (SSSR count). The Morgan fingerprint density at radius 2 is 2.05 bits per heavy atom. The van der Waals surface area contributed by atoms with Gasteiger partial charge in [-0.25, -0.2) is 4.98 Å². The number of carboxylic acid groups (broad SMARTS) is 1. The van der Waals surface area contributed by atoms with Gasteiger partial charge < -0.3 is 5.11 Å². The van der Waals surface area contributed by atoms with E-state index in [1.807, 2.05) is 30.4 Å². The van der Waals surface area contributed by atoms with E-state index in [9.17, 15) is 4.79 Å². The smallest absolute Gasteiger partial charge is 0.309 e. The van der Waals surface area contributed by atoms with Crippen LogP contribution in [-0.2, 0) is 11.2 Å².